The number of rotatable bonds is 7. The number of benzene rings is 1. The van der Waals surface area contributed by atoms with E-state index in [1.807, 2.05) is 0 Å². The Morgan fingerprint density at radius 3 is 2.64 bits per heavy atom. The third-order valence-corrected chi connectivity index (χ3v) is 4.85. The molecule has 9 nitrogen and oxygen atoms in total. The molecule has 0 bridgehead atoms. The summed E-state index contributed by atoms with van der Waals surface area (Å²) in [5.41, 5.74) is 2.38. The van der Waals surface area contributed by atoms with Crippen LogP contribution in [0, 0.1) is 0 Å². The maximum Gasteiger partial charge on any atom is 0.573 e. The van der Waals surface area contributed by atoms with Gasteiger partial charge in [0.1, 0.15) is 22.3 Å². The number of halogens is 3. The van der Waals surface area contributed by atoms with Crippen LogP contribution in [0.5, 0.6) is 5.75 Å². The summed E-state index contributed by atoms with van der Waals surface area (Å²) >= 11 is 1.07. The molecule has 0 aliphatic carbocycles. The zero-order valence-electron chi connectivity index (χ0n) is 17.4. The van der Waals surface area contributed by atoms with Crippen molar-refractivity contribution in [3.05, 3.63) is 58.5 Å². The minimum atomic E-state index is -4.83. The fourth-order valence-corrected chi connectivity index (χ4v) is 3.21. The van der Waals surface area contributed by atoms with E-state index in [4.69, 9.17) is 0 Å². The Morgan fingerprint density at radius 2 is 1.91 bits per heavy atom. The number of carbonyl (C=O) groups is 2. The number of ether oxygens (including phenoxy) is 1. The smallest absolute Gasteiger partial charge is 0.406 e. The van der Waals surface area contributed by atoms with E-state index in [-0.39, 0.29) is 23.1 Å². The number of thiazole rings is 1. The Morgan fingerprint density at radius 1 is 1.12 bits per heavy atom. The summed E-state index contributed by atoms with van der Waals surface area (Å²) in [6.45, 7) is 0.284. The number of amides is 3. The number of pyridine rings is 1. The van der Waals surface area contributed by atoms with Gasteiger partial charge in [-0.1, -0.05) is 6.07 Å². The summed E-state index contributed by atoms with van der Waals surface area (Å²) in [5.74, 6) is -0.322. The number of nitrogens with one attached hydrogen (secondary N) is 3. The number of hydrogen-bond donors (Lipinski definition) is 3. The number of aromatic nitrogens is 2. The molecule has 3 amide bonds. The van der Waals surface area contributed by atoms with Gasteiger partial charge in [0.25, 0.3) is 5.91 Å². The lowest BCUT2D eigenvalue weighted by molar-refractivity contribution is -0.274. The second-order valence-corrected chi connectivity index (χ2v) is 7.64. The van der Waals surface area contributed by atoms with Gasteiger partial charge in [0, 0.05) is 38.6 Å². The summed E-state index contributed by atoms with van der Waals surface area (Å²) in [7, 11) is 3.21. The van der Waals surface area contributed by atoms with E-state index in [2.05, 4.69) is 30.7 Å². The van der Waals surface area contributed by atoms with Gasteiger partial charge < -0.3 is 20.3 Å². The van der Waals surface area contributed by atoms with Crippen molar-refractivity contribution in [1.82, 2.24) is 14.9 Å². The molecule has 0 saturated carbocycles. The van der Waals surface area contributed by atoms with Gasteiger partial charge in [-0.3, -0.25) is 10.1 Å². The number of carbonyl (C=O) groups excluding carboxylic acids is 2. The van der Waals surface area contributed by atoms with Crippen LogP contribution in [0.4, 0.5) is 35.3 Å². The summed E-state index contributed by atoms with van der Waals surface area (Å²) in [6, 6.07) is 8.06. The highest BCUT2D eigenvalue weighted by atomic mass is 32.1. The zero-order chi connectivity index (χ0) is 24.0. The molecule has 1 aromatic carbocycles. The van der Waals surface area contributed by atoms with E-state index < -0.39 is 18.0 Å². The first-order chi connectivity index (χ1) is 15.6. The molecule has 3 N–H and O–H groups in total. The molecule has 0 aliphatic heterocycles. The molecule has 0 aliphatic rings. The molecule has 0 saturated heterocycles. The van der Waals surface area contributed by atoms with Crippen LogP contribution in [0.2, 0.25) is 0 Å². The van der Waals surface area contributed by atoms with E-state index in [0.29, 0.717) is 11.6 Å². The Labute approximate surface area is 190 Å². The van der Waals surface area contributed by atoms with Gasteiger partial charge in [-0.05, 0) is 29.8 Å². The minimum Gasteiger partial charge on any atom is -0.406 e. The van der Waals surface area contributed by atoms with Crippen LogP contribution < -0.4 is 20.7 Å². The van der Waals surface area contributed by atoms with Gasteiger partial charge in [-0.2, -0.15) is 0 Å². The average molecular weight is 480 g/mol. The Bertz CT molecular complexity index is 1140. The van der Waals surface area contributed by atoms with Gasteiger partial charge in [-0.15, -0.1) is 24.5 Å². The van der Waals surface area contributed by atoms with Gasteiger partial charge >= 0.3 is 12.4 Å². The van der Waals surface area contributed by atoms with Crippen LogP contribution in [0.25, 0.3) is 0 Å². The lowest BCUT2D eigenvalue weighted by Gasteiger charge is -2.12. The summed E-state index contributed by atoms with van der Waals surface area (Å²) in [4.78, 5) is 34.2. The third kappa shape index (κ3) is 7.07. The molecule has 0 spiro atoms. The lowest BCUT2D eigenvalue weighted by Crippen LogP contribution is -2.27. The van der Waals surface area contributed by atoms with E-state index in [1.165, 1.54) is 28.7 Å². The number of anilines is 3. The maximum atomic E-state index is 12.6. The van der Waals surface area contributed by atoms with Crippen molar-refractivity contribution in [2.24, 2.45) is 0 Å². The third-order valence-electron chi connectivity index (χ3n) is 4.02. The Balaban J connectivity index is 1.64. The monoisotopic (exact) mass is 480 g/mol. The van der Waals surface area contributed by atoms with Crippen molar-refractivity contribution in [3.63, 3.8) is 0 Å². The Hall–Kier alpha value is -3.87. The fraction of sp³-hybridized carbons (Fsp3) is 0.200. The Kier molecular flexibility index (Phi) is 7.33. The number of alkyl halides is 3. The van der Waals surface area contributed by atoms with Crippen molar-refractivity contribution < 1.29 is 27.5 Å². The molecule has 0 fully saturated rings. The molecule has 3 aromatic rings. The number of hydrogen-bond acceptors (Lipinski definition) is 7. The van der Waals surface area contributed by atoms with E-state index >= 15 is 0 Å². The summed E-state index contributed by atoms with van der Waals surface area (Å²) in [6.07, 6.45) is -3.30. The van der Waals surface area contributed by atoms with Crippen LogP contribution in [-0.4, -0.2) is 47.3 Å². The molecule has 13 heteroatoms. The van der Waals surface area contributed by atoms with Gasteiger partial charge in [0.2, 0.25) is 0 Å². The first-order valence-corrected chi connectivity index (χ1v) is 10.3. The van der Waals surface area contributed by atoms with Crippen molar-refractivity contribution in [1.29, 1.82) is 0 Å². The summed E-state index contributed by atoms with van der Waals surface area (Å²) < 4.78 is 41.1. The van der Waals surface area contributed by atoms with Crippen molar-refractivity contribution >= 4 is 40.6 Å². The van der Waals surface area contributed by atoms with E-state index in [9.17, 15) is 22.8 Å². The van der Waals surface area contributed by atoms with Crippen molar-refractivity contribution in [3.8, 4) is 5.75 Å². The van der Waals surface area contributed by atoms with Crippen LogP contribution >= 0.6 is 11.3 Å². The standard InChI is InChI=1S/C20H19F3N6O3S/c1-29(2)19(31)28-15-8-12(6-7-24-15)10-25-17-16(33-11-26-17)18(30)27-13-4-3-5-14(9-13)32-20(21,22)23/h3-9,11,25H,10H2,1-2H3,(H,27,30)(H,24,28,31). The predicted octanol–water partition coefficient (Wildman–Crippen LogP) is 4.39. The first kappa shape index (κ1) is 23.8. The normalized spacial score (nSPS) is 10.9. The van der Waals surface area contributed by atoms with Gasteiger partial charge in [-0.25, -0.2) is 14.8 Å². The van der Waals surface area contributed by atoms with Crippen LogP contribution in [0.1, 0.15) is 15.2 Å². The quantitative estimate of drug-likeness (QED) is 0.463. The average Bonchev–Trinajstić information content (AvgIpc) is 3.20. The molecular formula is C20H19F3N6O3S. The topological polar surface area (TPSA) is 108 Å². The highest BCUT2D eigenvalue weighted by Crippen LogP contribution is 2.26. The second kappa shape index (κ2) is 10.2. The molecule has 33 heavy (non-hydrogen) atoms. The predicted molar refractivity (Wildman–Crippen MR) is 117 cm³/mol. The largest absolute Gasteiger partial charge is 0.573 e. The van der Waals surface area contributed by atoms with Crippen molar-refractivity contribution in [2.75, 3.05) is 30.0 Å². The lowest BCUT2D eigenvalue weighted by atomic mass is 10.2. The van der Waals surface area contributed by atoms with E-state index in [0.717, 1.165) is 29.0 Å². The fourth-order valence-electron chi connectivity index (χ4n) is 2.55. The zero-order valence-corrected chi connectivity index (χ0v) is 18.3. The van der Waals surface area contributed by atoms with Gasteiger partial charge in [0.05, 0.1) is 5.51 Å². The number of nitrogens with zero attached hydrogens (tertiary/aromatic N) is 3. The SMILES string of the molecule is CN(C)C(=O)Nc1cc(CNc2ncsc2C(=O)Nc2cccc(OC(F)(F)F)c2)ccn1. The molecular weight excluding hydrogens is 461 g/mol. The van der Waals surface area contributed by atoms with Crippen LogP contribution in [0.15, 0.2) is 48.1 Å². The van der Waals surface area contributed by atoms with Crippen LogP contribution in [0.3, 0.4) is 0 Å². The molecule has 0 radical (unpaired) electrons. The molecule has 174 valence electrons. The second-order valence-electron chi connectivity index (χ2n) is 6.79. The maximum absolute atomic E-state index is 12.6. The van der Waals surface area contributed by atoms with Crippen molar-refractivity contribution in [2.45, 2.75) is 12.9 Å². The number of urea groups is 1. The molecule has 2 aromatic heterocycles. The first-order valence-electron chi connectivity index (χ1n) is 9.38. The molecule has 2 heterocycles. The summed E-state index contributed by atoms with van der Waals surface area (Å²) in [5, 5.41) is 8.21. The molecule has 0 unspecified atom stereocenters. The van der Waals surface area contributed by atoms with E-state index in [1.54, 1.807) is 26.2 Å². The van der Waals surface area contributed by atoms with Crippen LogP contribution in [-0.2, 0) is 6.54 Å². The highest BCUT2D eigenvalue weighted by Gasteiger charge is 2.31. The highest BCUT2D eigenvalue weighted by molar-refractivity contribution is 7.12. The molecule has 0 atom stereocenters. The molecule has 3 rings (SSSR count). The minimum absolute atomic E-state index is 0.136. The van der Waals surface area contributed by atoms with Gasteiger partial charge in [0.15, 0.2) is 0 Å².